The van der Waals surface area contributed by atoms with Crippen molar-refractivity contribution >= 4 is 28.2 Å². The number of aryl methyl sites for hydroxylation is 1. The smallest absolute Gasteiger partial charge is 0.228 e. The molecular weight excluding hydrogens is 412 g/mol. The molecule has 0 radical (unpaired) electrons. The number of benzene rings is 2. The van der Waals surface area contributed by atoms with Crippen molar-refractivity contribution in [1.29, 1.82) is 0 Å². The second-order valence-corrected chi connectivity index (χ2v) is 8.97. The third-order valence-electron chi connectivity index (χ3n) is 6.83. The number of rotatable bonds is 7. The van der Waals surface area contributed by atoms with Gasteiger partial charge in [0.15, 0.2) is 0 Å². The van der Waals surface area contributed by atoms with E-state index in [9.17, 15) is 4.79 Å². The Morgan fingerprint density at radius 1 is 0.909 bits per heavy atom. The van der Waals surface area contributed by atoms with E-state index in [0.29, 0.717) is 18.9 Å². The zero-order valence-corrected chi connectivity index (χ0v) is 19.4. The third kappa shape index (κ3) is 4.81. The highest BCUT2D eigenvalue weighted by Gasteiger charge is 2.22. The summed E-state index contributed by atoms with van der Waals surface area (Å²) in [6, 6.07) is 19.2. The fourth-order valence-corrected chi connectivity index (χ4v) is 4.86. The molecule has 2 aromatic carbocycles. The van der Waals surface area contributed by atoms with Crippen molar-refractivity contribution in [3.05, 3.63) is 60.2 Å². The van der Waals surface area contributed by atoms with Crippen LogP contribution in [0.25, 0.3) is 10.8 Å². The van der Waals surface area contributed by atoms with Gasteiger partial charge in [0, 0.05) is 56.8 Å². The molecule has 2 aliphatic rings. The quantitative estimate of drug-likeness (QED) is 0.513. The van der Waals surface area contributed by atoms with Gasteiger partial charge < -0.3 is 9.64 Å². The van der Waals surface area contributed by atoms with E-state index in [1.54, 1.807) is 11.9 Å². The van der Waals surface area contributed by atoms with Gasteiger partial charge >= 0.3 is 0 Å². The minimum Gasteiger partial charge on any atom is -0.478 e. The van der Waals surface area contributed by atoms with Gasteiger partial charge in [-0.3, -0.25) is 14.6 Å². The molecular formula is C27H32N4O2. The number of unbranched alkanes of at least 4 members (excludes halogenated alkanes) is 1. The van der Waals surface area contributed by atoms with Crippen LogP contribution in [-0.2, 0) is 11.2 Å². The number of carbonyl (C=O) groups excluding carboxylic acids is 1. The Balaban J connectivity index is 1.05. The summed E-state index contributed by atoms with van der Waals surface area (Å²) in [5.41, 5.74) is 2.47. The van der Waals surface area contributed by atoms with Crippen LogP contribution in [0.3, 0.4) is 0 Å². The zero-order valence-electron chi connectivity index (χ0n) is 19.4. The van der Waals surface area contributed by atoms with Crippen LogP contribution in [-0.4, -0.2) is 62.2 Å². The highest BCUT2D eigenvalue weighted by molar-refractivity contribution is 5.95. The van der Waals surface area contributed by atoms with Crippen molar-refractivity contribution in [3.8, 4) is 5.88 Å². The molecule has 0 spiro atoms. The topological polar surface area (TPSA) is 48.9 Å². The van der Waals surface area contributed by atoms with E-state index < -0.39 is 0 Å². The monoisotopic (exact) mass is 444 g/mol. The normalized spacial score (nSPS) is 16.8. The van der Waals surface area contributed by atoms with Gasteiger partial charge in [0.2, 0.25) is 11.8 Å². The standard InChI is InChI=1S/C27H32N4O2/c1-29-26(32)14-12-22-11-13-25(28-27(22)29)33-20-5-4-15-30-16-18-31(19-17-30)24-10-6-8-21-7-2-3-9-23(21)24/h2-3,6-11,13H,4-5,12,14-20H2,1H3. The number of amides is 1. The number of ether oxygens (including phenoxy) is 1. The Bertz CT molecular complexity index is 1120. The predicted molar refractivity (Wildman–Crippen MR) is 133 cm³/mol. The van der Waals surface area contributed by atoms with Crippen molar-refractivity contribution in [2.75, 3.05) is 56.2 Å². The fraction of sp³-hybridized carbons (Fsp3) is 0.407. The molecule has 33 heavy (non-hydrogen) atoms. The number of anilines is 2. The largest absolute Gasteiger partial charge is 0.478 e. The summed E-state index contributed by atoms with van der Waals surface area (Å²) < 4.78 is 5.89. The molecule has 6 heteroatoms. The number of hydrogen-bond donors (Lipinski definition) is 0. The van der Waals surface area contributed by atoms with Crippen LogP contribution in [0.15, 0.2) is 54.6 Å². The number of hydrogen-bond acceptors (Lipinski definition) is 5. The second kappa shape index (κ2) is 9.79. The SMILES string of the molecule is CN1C(=O)CCc2ccc(OCCCCN3CCN(c4cccc5ccccc45)CC3)nc21. The Morgan fingerprint density at radius 3 is 2.61 bits per heavy atom. The summed E-state index contributed by atoms with van der Waals surface area (Å²) >= 11 is 0. The van der Waals surface area contributed by atoms with Crippen LogP contribution in [0.4, 0.5) is 11.5 Å². The summed E-state index contributed by atoms with van der Waals surface area (Å²) in [4.78, 5) is 23.2. The van der Waals surface area contributed by atoms with Crippen molar-refractivity contribution in [1.82, 2.24) is 9.88 Å². The lowest BCUT2D eigenvalue weighted by molar-refractivity contribution is -0.118. The molecule has 1 saturated heterocycles. The molecule has 1 aromatic heterocycles. The number of pyridine rings is 1. The zero-order chi connectivity index (χ0) is 22.6. The number of aromatic nitrogens is 1. The maximum atomic E-state index is 11.9. The van der Waals surface area contributed by atoms with Crippen molar-refractivity contribution in [2.24, 2.45) is 0 Å². The molecule has 6 nitrogen and oxygen atoms in total. The van der Waals surface area contributed by atoms with Gasteiger partial charge in [-0.25, -0.2) is 0 Å². The van der Waals surface area contributed by atoms with Gasteiger partial charge in [-0.05, 0) is 48.9 Å². The van der Waals surface area contributed by atoms with E-state index in [1.165, 1.54) is 16.5 Å². The van der Waals surface area contributed by atoms with Crippen LogP contribution in [0.5, 0.6) is 5.88 Å². The molecule has 3 aromatic rings. The van der Waals surface area contributed by atoms with Crippen LogP contribution in [0.2, 0.25) is 0 Å². The minimum absolute atomic E-state index is 0.118. The lowest BCUT2D eigenvalue weighted by Gasteiger charge is -2.36. The van der Waals surface area contributed by atoms with Crippen molar-refractivity contribution in [2.45, 2.75) is 25.7 Å². The number of piperazine rings is 1. The van der Waals surface area contributed by atoms with Crippen LogP contribution in [0, 0.1) is 0 Å². The Labute approximate surface area is 195 Å². The van der Waals surface area contributed by atoms with E-state index in [1.807, 2.05) is 12.1 Å². The first-order valence-electron chi connectivity index (χ1n) is 12.0. The van der Waals surface area contributed by atoms with E-state index in [-0.39, 0.29) is 5.91 Å². The molecule has 0 unspecified atom stereocenters. The Kier molecular flexibility index (Phi) is 6.44. The maximum Gasteiger partial charge on any atom is 0.228 e. The first-order chi connectivity index (χ1) is 16.2. The van der Waals surface area contributed by atoms with Crippen molar-refractivity contribution < 1.29 is 9.53 Å². The van der Waals surface area contributed by atoms with E-state index in [4.69, 9.17) is 4.74 Å². The molecule has 1 amide bonds. The third-order valence-corrected chi connectivity index (χ3v) is 6.83. The molecule has 0 saturated carbocycles. The Morgan fingerprint density at radius 2 is 1.73 bits per heavy atom. The molecule has 0 bridgehead atoms. The van der Waals surface area contributed by atoms with Gasteiger partial charge in [-0.1, -0.05) is 36.4 Å². The average Bonchev–Trinajstić information content (AvgIpc) is 2.86. The predicted octanol–water partition coefficient (Wildman–Crippen LogP) is 4.13. The summed E-state index contributed by atoms with van der Waals surface area (Å²) in [5.74, 6) is 1.47. The molecule has 0 aliphatic carbocycles. The molecule has 172 valence electrons. The summed E-state index contributed by atoms with van der Waals surface area (Å²) in [6.07, 6.45) is 3.43. The van der Waals surface area contributed by atoms with E-state index >= 15 is 0 Å². The summed E-state index contributed by atoms with van der Waals surface area (Å²) in [6.45, 7) is 6.07. The minimum atomic E-state index is 0.118. The van der Waals surface area contributed by atoms with Crippen LogP contribution in [0.1, 0.15) is 24.8 Å². The molecule has 5 rings (SSSR count). The highest BCUT2D eigenvalue weighted by atomic mass is 16.5. The number of carbonyl (C=O) groups is 1. The molecule has 1 fully saturated rings. The molecule has 0 atom stereocenters. The lowest BCUT2D eigenvalue weighted by atomic mass is 10.1. The first-order valence-corrected chi connectivity index (χ1v) is 12.0. The lowest BCUT2D eigenvalue weighted by Crippen LogP contribution is -2.46. The first kappa shape index (κ1) is 21.7. The van der Waals surface area contributed by atoms with Crippen LogP contribution >= 0.6 is 0 Å². The number of fused-ring (bicyclic) bond motifs is 2. The fourth-order valence-electron chi connectivity index (χ4n) is 4.86. The van der Waals surface area contributed by atoms with Crippen LogP contribution < -0.4 is 14.5 Å². The van der Waals surface area contributed by atoms with E-state index in [2.05, 4.69) is 57.2 Å². The van der Waals surface area contributed by atoms with E-state index in [0.717, 1.165) is 63.4 Å². The summed E-state index contributed by atoms with van der Waals surface area (Å²) in [7, 11) is 1.79. The van der Waals surface area contributed by atoms with Gasteiger partial charge in [-0.2, -0.15) is 4.98 Å². The molecule has 0 N–H and O–H groups in total. The number of nitrogens with zero attached hydrogens (tertiary/aromatic N) is 4. The van der Waals surface area contributed by atoms with Gasteiger partial charge in [0.05, 0.1) is 6.61 Å². The molecule has 2 aliphatic heterocycles. The summed E-state index contributed by atoms with van der Waals surface area (Å²) in [5, 5.41) is 2.65. The second-order valence-electron chi connectivity index (χ2n) is 8.97. The maximum absolute atomic E-state index is 11.9. The highest BCUT2D eigenvalue weighted by Crippen LogP contribution is 2.28. The average molecular weight is 445 g/mol. The van der Waals surface area contributed by atoms with Gasteiger partial charge in [0.1, 0.15) is 5.82 Å². The van der Waals surface area contributed by atoms with Crippen molar-refractivity contribution in [3.63, 3.8) is 0 Å². The van der Waals surface area contributed by atoms with Gasteiger partial charge in [-0.15, -0.1) is 0 Å². The Hall–Kier alpha value is -3.12. The molecule has 3 heterocycles. The van der Waals surface area contributed by atoms with Gasteiger partial charge in [0.25, 0.3) is 0 Å².